The second-order valence-electron chi connectivity index (χ2n) is 4.58. The van der Waals surface area contributed by atoms with E-state index >= 15 is 0 Å². The average Bonchev–Trinajstić information content (AvgIpc) is 2.59. The van der Waals surface area contributed by atoms with Crippen LogP contribution in [0.25, 0.3) is 0 Å². The van der Waals surface area contributed by atoms with Gasteiger partial charge in [-0.1, -0.05) is 0 Å². The molecular formula is C12H19NS2. The SMILES string of the molecule is CC(S)c1csc2c1CCN(C(C)C)C2. The molecule has 1 nitrogen and oxygen atoms in total. The Morgan fingerprint density at radius 1 is 1.40 bits per heavy atom. The minimum absolute atomic E-state index is 0.385. The van der Waals surface area contributed by atoms with Crippen LogP contribution >= 0.6 is 24.0 Å². The number of rotatable bonds is 2. The summed E-state index contributed by atoms with van der Waals surface area (Å²) in [5, 5.41) is 2.68. The highest BCUT2D eigenvalue weighted by Crippen LogP contribution is 2.34. The topological polar surface area (TPSA) is 3.24 Å². The van der Waals surface area contributed by atoms with E-state index in [1.807, 2.05) is 11.3 Å². The number of fused-ring (bicyclic) bond motifs is 1. The zero-order valence-electron chi connectivity index (χ0n) is 9.66. The van der Waals surface area contributed by atoms with Crippen molar-refractivity contribution in [2.24, 2.45) is 0 Å². The van der Waals surface area contributed by atoms with Gasteiger partial charge in [-0.25, -0.2) is 0 Å². The third-order valence-electron chi connectivity index (χ3n) is 3.19. The Balaban J connectivity index is 2.22. The van der Waals surface area contributed by atoms with Gasteiger partial charge in [0.2, 0.25) is 0 Å². The number of hydrogen-bond donors (Lipinski definition) is 1. The molecule has 0 N–H and O–H groups in total. The summed E-state index contributed by atoms with van der Waals surface area (Å²) in [6.07, 6.45) is 1.21. The molecule has 0 spiro atoms. The van der Waals surface area contributed by atoms with Gasteiger partial charge >= 0.3 is 0 Å². The van der Waals surface area contributed by atoms with E-state index in [9.17, 15) is 0 Å². The number of thiol groups is 1. The lowest BCUT2D eigenvalue weighted by molar-refractivity contribution is 0.206. The van der Waals surface area contributed by atoms with Crippen molar-refractivity contribution in [3.63, 3.8) is 0 Å². The van der Waals surface area contributed by atoms with Gasteiger partial charge < -0.3 is 0 Å². The molecular weight excluding hydrogens is 222 g/mol. The fourth-order valence-electron chi connectivity index (χ4n) is 2.16. The number of hydrogen-bond acceptors (Lipinski definition) is 3. The molecule has 2 heterocycles. The third kappa shape index (κ3) is 2.24. The first-order valence-corrected chi connectivity index (χ1v) is 7.00. The van der Waals surface area contributed by atoms with Gasteiger partial charge in [-0.05, 0) is 43.7 Å². The Labute approximate surface area is 102 Å². The summed E-state index contributed by atoms with van der Waals surface area (Å²) >= 11 is 6.45. The predicted molar refractivity (Wildman–Crippen MR) is 71.0 cm³/mol. The molecule has 3 heteroatoms. The lowest BCUT2D eigenvalue weighted by Gasteiger charge is -2.30. The highest BCUT2D eigenvalue weighted by Gasteiger charge is 2.23. The monoisotopic (exact) mass is 241 g/mol. The Morgan fingerprint density at radius 3 is 2.73 bits per heavy atom. The standard InChI is InChI=1S/C12H19NS2/c1-8(2)13-5-4-10-11(9(3)14)7-15-12(10)6-13/h7-9,14H,4-6H2,1-3H3. The zero-order valence-corrected chi connectivity index (χ0v) is 11.4. The molecule has 0 aliphatic carbocycles. The van der Waals surface area contributed by atoms with E-state index in [-0.39, 0.29) is 0 Å². The number of nitrogens with zero attached hydrogens (tertiary/aromatic N) is 1. The van der Waals surface area contributed by atoms with Gasteiger partial charge in [-0.2, -0.15) is 12.6 Å². The summed E-state index contributed by atoms with van der Waals surface area (Å²) in [6, 6.07) is 0.664. The molecule has 0 bridgehead atoms. The van der Waals surface area contributed by atoms with Crippen LogP contribution in [-0.2, 0) is 13.0 Å². The van der Waals surface area contributed by atoms with Gasteiger partial charge in [0.1, 0.15) is 0 Å². The molecule has 1 aliphatic rings. The summed E-state index contributed by atoms with van der Waals surface area (Å²) in [6.45, 7) is 9.06. The quantitative estimate of drug-likeness (QED) is 0.776. The Morgan fingerprint density at radius 2 is 2.13 bits per heavy atom. The lowest BCUT2D eigenvalue weighted by Crippen LogP contribution is -2.35. The van der Waals surface area contributed by atoms with E-state index in [0.29, 0.717) is 11.3 Å². The molecule has 84 valence electrons. The first kappa shape index (κ1) is 11.5. The van der Waals surface area contributed by atoms with E-state index in [4.69, 9.17) is 0 Å². The second kappa shape index (κ2) is 4.48. The van der Waals surface area contributed by atoms with Crippen molar-refractivity contribution in [1.29, 1.82) is 0 Å². The molecule has 0 aromatic carbocycles. The van der Waals surface area contributed by atoms with Crippen LogP contribution in [0.5, 0.6) is 0 Å². The van der Waals surface area contributed by atoms with Crippen molar-refractivity contribution in [3.05, 3.63) is 21.4 Å². The molecule has 0 saturated heterocycles. The molecule has 1 atom stereocenters. The maximum atomic E-state index is 4.54. The molecule has 0 fully saturated rings. The zero-order chi connectivity index (χ0) is 11.0. The van der Waals surface area contributed by atoms with Gasteiger partial charge in [0, 0.05) is 29.3 Å². The molecule has 1 aromatic heterocycles. The van der Waals surface area contributed by atoms with Gasteiger partial charge in [-0.3, -0.25) is 4.90 Å². The molecule has 1 unspecified atom stereocenters. The predicted octanol–water partition coefficient (Wildman–Crippen LogP) is 3.51. The van der Waals surface area contributed by atoms with Crippen LogP contribution in [0, 0.1) is 0 Å². The van der Waals surface area contributed by atoms with Gasteiger partial charge in [0.25, 0.3) is 0 Å². The first-order valence-electron chi connectivity index (χ1n) is 5.61. The second-order valence-corrected chi connectivity index (χ2v) is 6.32. The van der Waals surface area contributed by atoms with Crippen LogP contribution in [-0.4, -0.2) is 17.5 Å². The Bertz CT molecular complexity index is 341. The fraction of sp³-hybridized carbons (Fsp3) is 0.667. The molecule has 0 amide bonds. The number of thiophene rings is 1. The average molecular weight is 241 g/mol. The maximum absolute atomic E-state index is 4.54. The highest BCUT2D eigenvalue weighted by atomic mass is 32.1. The molecule has 1 aliphatic heterocycles. The van der Waals surface area contributed by atoms with Crippen molar-refractivity contribution in [1.82, 2.24) is 4.90 Å². The fourth-order valence-corrected chi connectivity index (χ4v) is 3.71. The molecule has 2 rings (SSSR count). The van der Waals surface area contributed by atoms with Crippen LogP contribution < -0.4 is 0 Å². The molecule has 0 saturated carbocycles. The van der Waals surface area contributed by atoms with E-state index < -0.39 is 0 Å². The van der Waals surface area contributed by atoms with E-state index in [0.717, 1.165) is 6.54 Å². The smallest absolute Gasteiger partial charge is 0.0333 e. The maximum Gasteiger partial charge on any atom is 0.0333 e. The van der Waals surface area contributed by atoms with Crippen molar-refractivity contribution >= 4 is 24.0 Å². The lowest BCUT2D eigenvalue weighted by atomic mass is 10.0. The van der Waals surface area contributed by atoms with E-state index in [2.05, 4.69) is 43.7 Å². The largest absolute Gasteiger partial charge is 0.296 e. The first-order chi connectivity index (χ1) is 7.09. The summed E-state index contributed by atoms with van der Waals surface area (Å²) < 4.78 is 0. The van der Waals surface area contributed by atoms with Crippen LogP contribution in [0.2, 0.25) is 0 Å². The summed E-state index contributed by atoms with van der Waals surface area (Å²) in [5.41, 5.74) is 3.04. The minimum atomic E-state index is 0.385. The molecule has 0 radical (unpaired) electrons. The van der Waals surface area contributed by atoms with Crippen molar-refractivity contribution in [3.8, 4) is 0 Å². The summed E-state index contributed by atoms with van der Waals surface area (Å²) in [5.74, 6) is 0. The minimum Gasteiger partial charge on any atom is -0.296 e. The van der Waals surface area contributed by atoms with Crippen LogP contribution in [0.4, 0.5) is 0 Å². The van der Waals surface area contributed by atoms with Crippen LogP contribution in [0.1, 0.15) is 42.0 Å². The summed E-state index contributed by atoms with van der Waals surface area (Å²) in [4.78, 5) is 4.11. The van der Waals surface area contributed by atoms with E-state index in [1.54, 1.807) is 10.4 Å². The van der Waals surface area contributed by atoms with Gasteiger partial charge in [0.15, 0.2) is 0 Å². The third-order valence-corrected chi connectivity index (χ3v) is 4.50. The van der Waals surface area contributed by atoms with Gasteiger partial charge in [0.05, 0.1) is 0 Å². The molecule has 15 heavy (non-hydrogen) atoms. The highest BCUT2D eigenvalue weighted by molar-refractivity contribution is 7.80. The van der Waals surface area contributed by atoms with Crippen molar-refractivity contribution < 1.29 is 0 Å². The Hall–Kier alpha value is 0.01000. The normalized spacial score (nSPS) is 19.3. The Kier molecular flexibility index (Phi) is 3.43. The summed E-state index contributed by atoms with van der Waals surface area (Å²) in [7, 11) is 0. The van der Waals surface area contributed by atoms with Crippen LogP contribution in [0.15, 0.2) is 5.38 Å². The van der Waals surface area contributed by atoms with Crippen molar-refractivity contribution in [2.45, 2.75) is 45.0 Å². The molecule has 1 aromatic rings. The van der Waals surface area contributed by atoms with Gasteiger partial charge in [-0.15, -0.1) is 11.3 Å². The van der Waals surface area contributed by atoms with E-state index in [1.165, 1.54) is 18.5 Å². The van der Waals surface area contributed by atoms with Crippen LogP contribution in [0.3, 0.4) is 0 Å². The van der Waals surface area contributed by atoms with Crippen molar-refractivity contribution in [2.75, 3.05) is 6.54 Å².